The second kappa shape index (κ2) is 6.89. The van der Waals surface area contributed by atoms with Gasteiger partial charge in [-0.05, 0) is 48.9 Å². The van der Waals surface area contributed by atoms with E-state index in [0.29, 0.717) is 18.8 Å². The lowest BCUT2D eigenvalue weighted by atomic mass is 10.1. The monoisotopic (exact) mass is 377 g/mol. The maximum atomic E-state index is 12.3. The van der Waals surface area contributed by atoms with E-state index in [-0.39, 0.29) is 24.7 Å². The van der Waals surface area contributed by atoms with Crippen molar-refractivity contribution in [3.63, 3.8) is 0 Å². The summed E-state index contributed by atoms with van der Waals surface area (Å²) in [6, 6.07) is 11.9. The zero-order chi connectivity index (χ0) is 16.4. The van der Waals surface area contributed by atoms with Crippen LogP contribution < -0.4 is 4.74 Å². The molecule has 1 aliphatic heterocycles. The summed E-state index contributed by atoms with van der Waals surface area (Å²) in [6.07, 6.45) is 0.142. The summed E-state index contributed by atoms with van der Waals surface area (Å²) in [5.74, 6) is 0.713. The summed E-state index contributed by atoms with van der Waals surface area (Å²) in [4.78, 5) is 14.1. The number of carbonyl (C=O) groups is 1. The molecule has 0 aliphatic carbocycles. The van der Waals surface area contributed by atoms with Crippen LogP contribution in [0.25, 0.3) is 10.8 Å². The van der Waals surface area contributed by atoms with E-state index in [1.54, 1.807) is 0 Å². The van der Waals surface area contributed by atoms with E-state index in [1.165, 1.54) is 0 Å². The van der Waals surface area contributed by atoms with Gasteiger partial charge in [-0.25, -0.2) is 0 Å². The van der Waals surface area contributed by atoms with Gasteiger partial charge in [0.2, 0.25) is 0 Å². The van der Waals surface area contributed by atoms with Crippen molar-refractivity contribution in [1.82, 2.24) is 4.90 Å². The van der Waals surface area contributed by atoms with Gasteiger partial charge < -0.3 is 14.4 Å². The lowest BCUT2D eigenvalue weighted by Crippen LogP contribution is -2.49. The van der Waals surface area contributed by atoms with Gasteiger partial charge in [0.25, 0.3) is 5.91 Å². The minimum atomic E-state index is 0.00269. The number of amides is 1. The fourth-order valence-electron chi connectivity index (χ4n) is 2.90. The van der Waals surface area contributed by atoms with Crippen molar-refractivity contribution in [1.29, 1.82) is 0 Å². The standard InChI is InChI=1S/C18H20BrNO3/c1-12-9-20(10-13(2)23-12)18(21)11-22-17-6-4-14-7-16(19)5-3-15(14)8-17/h3-8,12-13H,9-11H2,1-2H3/t12-,13+. The third-order valence-electron chi connectivity index (χ3n) is 3.91. The number of morpholine rings is 1. The maximum absolute atomic E-state index is 12.3. The van der Waals surface area contributed by atoms with Crippen LogP contribution in [0.1, 0.15) is 13.8 Å². The smallest absolute Gasteiger partial charge is 0.260 e. The predicted octanol–water partition coefficient (Wildman–Crippen LogP) is 3.62. The molecule has 2 atom stereocenters. The molecule has 1 heterocycles. The Hall–Kier alpha value is -1.59. The number of halogens is 1. The Morgan fingerprint density at radius 3 is 2.57 bits per heavy atom. The molecule has 3 rings (SSSR count). The molecule has 1 aliphatic rings. The highest BCUT2D eigenvalue weighted by atomic mass is 79.9. The summed E-state index contributed by atoms with van der Waals surface area (Å²) >= 11 is 3.46. The zero-order valence-corrected chi connectivity index (χ0v) is 14.9. The molecule has 0 N–H and O–H groups in total. The maximum Gasteiger partial charge on any atom is 0.260 e. The molecule has 1 saturated heterocycles. The molecule has 0 aromatic heterocycles. The Morgan fingerprint density at radius 1 is 1.17 bits per heavy atom. The molecular formula is C18H20BrNO3. The van der Waals surface area contributed by atoms with Gasteiger partial charge in [-0.2, -0.15) is 0 Å². The first kappa shape index (κ1) is 16.3. The van der Waals surface area contributed by atoms with Gasteiger partial charge in [0.1, 0.15) is 5.75 Å². The largest absolute Gasteiger partial charge is 0.484 e. The molecule has 0 radical (unpaired) electrons. The van der Waals surface area contributed by atoms with Gasteiger partial charge in [0.05, 0.1) is 12.2 Å². The van der Waals surface area contributed by atoms with Gasteiger partial charge in [0.15, 0.2) is 6.61 Å². The Labute approximate surface area is 144 Å². The number of ether oxygens (including phenoxy) is 2. The number of hydrogen-bond acceptors (Lipinski definition) is 3. The Kier molecular flexibility index (Phi) is 4.87. The van der Waals surface area contributed by atoms with E-state index in [4.69, 9.17) is 9.47 Å². The van der Waals surface area contributed by atoms with Crippen LogP contribution in [0, 0.1) is 0 Å². The van der Waals surface area contributed by atoms with Crippen molar-refractivity contribution >= 4 is 32.6 Å². The zero-order valence-electron chi connectivity index (χ0n) is 13.3. The van der Waals surface area contributed by atoms with Gasteiger partial charge in [0, 0.05) is 17.6 Å². The number of benzene rings is 2. The van der Waals surface area contributed by atoms with Crippen LogP contribution in [0.15, 0.2) is 40.9 Å². The average Bonchev–Trinajstić information content (AvgIpc) is 2.51. The van der Waals surface area contributed by atoms with Crippen molar-refractivity contribution in [3.05, 3.63) is 40.9 Å². The predicted molar refractivity (Wildman–Crippen MR) is 93.7 cm³/mol. The lowest BCUT2D eigenvalue weighted by molar-refractivity contribution is -0.145. The van der Waals surface area contributed by atoms with E-state index in [1.807, 2.05) is 49.1 Å². The van der Waals surface area contributed by atoms with Gasteiger partial charge >= 0.3 is 0 Å². The second-order valence-electron chi connectivity index (χ2n) is 6.00. The highest BCUT2D eigenvalue weighted by Crippen LogP contribution is 2.24. The number of fused-ring (bicyclic) bond motifs is 1. The van der Waals surface area contributed by atoms with E-state index >= 15 is 0 Å². The minimum Gasteiger partial charge on any atom is -0.484 e. The molecule has 0 spiro atoms. The Balaban J connectivity index is 1.63. The Bertz CT molecular complexity index is 708. The third kappa shape index (κ3) is 4.03. The van der Waals surface area contributed by atoms with Crippen molar-refractivity contribution < 1.29 is 14.3 Å². The highest BCUT2D eigenvalue weighted by Gasteiger charge is 2.25. The van der Waals surface area contributed by atoms with E-state index in [2.05, 4.69) is 22.0 Å². The number of nitrogens with zero attached hydrogens (tertiary/aromatic N) is 1. The van der Waals surface area contributed by atoms with Crippen LogP contribution in [-0.2, 0) is 9.53 Å². The van der Waals surface area contributed by atoms with Crippen LogP contribution in [-0.4, -0.2) is 42.7 Å². The molecule has 2 aromatic rings. The molecule has 0 bridgehead atoms. The van der Waals surface area contributed by atoms with Crippen LogP contribution in [0.5, 0.6) is 5.75 Å². The molecule has 1 amide bonds. The summed E-state index contributed by atoms with van der Waals surface area (Å²) in [7, 11) is 0. The van der Waals surface area contributed by atoms with Crippen molar-refractivity contribution in [2.45, 2.75) is 26.1 Å². The molecule has 0 saturated carbocycles. The van der Waals surface area contributed by atoms with Gasteiger partial charge in [-0.3, -0.25) is 4.79 Å². The lowest BCUT2D eigenvalue weighted by Gasteiger charge is -2.35. The second-order valence-corrected chi connectivity index (χ2v) is 6.91. The number of carbonyl (C=O) groups excluding carboxylic acids is 1. The van der Waals surface area contributed by atoms with E-state index in [9.17, 15) is 4.79 Å². The third-order valence-corrected chi connectivity index (χ3v) is 4.40. The number of rotatable bonds is 3. The summed E-state index contributed by atoms with van der Waals surface area (Å²) < 4.78 is 12.4. The van der Waals surface area contributed by atoms with Crippen LogP contribution >= 0.6 is 15.9 Å². The van der Waals surface area contributed by atoms with Crippen molar-refractivity contribution in [2.75, 3.05) is 19.7 Å². The minimum absolute atomic E-state index is 0.00269. The molecule has 5 heteroatoms. The Morgan fingerprint density at radius 2 is 1.83 bits per heavy atom. The quantitative estimate of drug-likeness (QED) is 0.819. The molecule has 0 unspecified atom stereocenters. The van der Waals surface area contributed by atoms with Gasteiger partial charge in [-0.1, -0.05) is 28.1 Å². The van der Waals surface area contributed by atoms with Crippen molar-refractivity contribution in [3.8, 4) is 5.75 Å². The van der Waals surface area contributed by atoms with Crippen molar-refractivity contribution in [2.24, 2.45) is 0 Å². The fourth-order valence-corrected chi connectivity index (χ4v) is 3.28. The number of hydrogen-bond donors (Lipinski definition) is 0. The summed E-state index contributed by atoms with van der Waals surface area (Å²) in [6.45, 7) is 5.27. The molecule has 122 valence electrons. The average molecular weight is 378 g/mol. The topological polar surface area (TPSA) is 38.8 Å². The highest BCUT2D eigenvalue weighted by molar-refractivity contribution is 9.10. The van der Waals surface area contributed by atoms with E-state index < -0.39 is 0 Å². The van der Waals surface area contributed by atoms with Crippen LogP contribution in [0.3, 0.4) is 0 Å². The van der Waals surface area contributed by atoms with E-state index in [0.717, 1.165) is 15.2 Å². The molecular weight excluding hydrogens is 358 g/mol. The first-order valence-corrected chi connectivity index (χ1v) is 8.56. The first-order chi connectivity index (χ1) is 11.0. The summed E-state index contributed by atoms with van der Waals surface area (Å²) in [5, 5.41) is 2.22. The molecule has 1 fully saturated rings. The SMILES string of the molecule is C[C@@H]1CN(C(=O)COc2ccc3cc(Br)ccc3c2)C[C@H](C)O1. The van der Waals surface area contributed by atoms with Gasteiger partial charge in [-0.15, -0.1) is 0 Å². The normalized spacial score (nSPS) is 21.4. The molecule has 23 heavy (non-hydrogen) atoms. The molecule has 4 nitrogen and oxygen atoms in total. The first-order valence-electron chi connectivity index (χ1n) is 7.76. The van der Waals surface area contributed by atoms with Crippen LogP contribution in [0.2, 0.25) is 0 Å². The summed E-state index contributed by atoms with van der Waals surface area (Å²) in [5.41, 5.74) is 0. The fraction of sp³-hybridized carbons (Fsp3) is 0.389. The van der Waals surface area contributed by atoms with Crippen LogP contribution in [0.4, 0.5) is 0 Å². The molecule has 2 aromatic carbocycles.